The summed E-state index contributed by atoms with van der Waals surface area (Å²) in [4.78, 5) is 28.2. The van der Waals surface area contributed by atoms with Crippen LogP contribution >= 0.6 is 0 Å². The molecule has 2 rings (SSSR count). The summed E-state index contributed by atoms with van der Waals surface area (Å²) in [6.45, 7) is 3.05. The Morgan fingerprint density at radius 2 is 2.33 bits per heavy atom. The van der Waals surface area contributed by atoms with Crippen LogP contribution in [0.1, 0.15) is 28.9 Å². The van der Waals surface area contributed by atoms with Gasteiger partial charge in [0, 0.05) is 25.4 Å². The average Bonchev–Trinajstić information content (AvgIpc) is 2.38. The number of hydrogen-bond donors (Lipinski definition) is 2. The van der Waals surface area contributed by atoms with Crippen molar-refractivity contribution in [2.24, 2.45) is 5.92 Å². The summed E-state index contributed by atoms with van der Waals surface area (Å²) in [5, 5.41) is 9.15. The molecule has 1 unspecified atom stereocenters. The van der Waals surface area contributed by atoms with Crippen molar-refractivity contribution < 1.29 is 9.90 Å². The molecule has 0 radical (unpaired) electrons. The number of carbonyl (C=O) groups is 1. The van der Waals surface area contributed by atoms with E-state index in [0.717, 1.165) is 18.5 Å². The topological polar surface area (TPSA) is 73.4 Å². The Labute approximate surface area is 105 Å². The standard InChI is InChI=1S/C13H18N2O3/c1-9-4-5-11(12(17)14-9)13(18)15-6-2-3-10(7-15)8-16/h4-5,10,16H,2-3,6-8H2,1H3,(H,14,17). The lowest BCUT2D eigenvalue weighted by molar-refractivity contribution is 0.0619. The number of aliphatic hydroxyl groups is 1. The van der Waals surface area contributed by atoms with Gasteiger partial charge in [-0.2, -0.15) is 0 Å². The van der Waals surface area contributed by atoms with E-state index in [1.165, 1.54) is 0 Å². The largest absolute Gasteiger partial charge is 0.396 e. The highest BCUT2D eigenvalue weighted by atomic mass is 16.3. The lowest BCUT2D eigenvalue weighted by atomic mass is 9.98. The van der Waals surface area contributed by atoms with E-state index in [1.54, 1.807) is 24.0 Å². The van der Waals surface area contributed by atoms with Gasteiger partial charge in [-0.3, -0.25) is 9.59 Å². The Bertz CT molecular complexity index is 495. The van der Waals surface area contributed by atoms with Gasteiger partial charge in [0.25, 0.3) is 11.5 Å². The first kappa shape index (κ1) is 12.8. The van der Waals surface area contributed by atoms with E-state index in [-0.39, 0.29) is 29.6 Å². The van der Waals surface area contributed by atoms with Crippen LogP contribution in [0, 0.1) is 12.8 Å². The number of likely N-dealkylation sites (tertiary alicyclic amines) is 1. The lowest BCUT2D eigenvalue weighted by Crippen LogP contribution is -2.42. The molecule has 1 aromatic heterocycles. The number of piperidine rings is 1. The third-order valence-electron chi connectivity index (χ3n) is 3.35. The number of amides is 1. The first-order valence-corrected chi connectivity index (χ1v) is 6.22. The van der Waals surface area contributed by atoms with Gasteiger partial charge < -0.3 is 15.0 Å². The van der Waals surface area contributed by atoms with Crippen molar-refractivity contribution in [1.82, 2.24) is 9.88 Å². The molecule has 5 heteroatoms. The van der Waals surface area contributed by atoms with Crippen molar-refractivity contribution >= 4 is 5.91 Å². The Kier molecular flexibility index (Phi) is 3.81. The predicted octanol–water partition coefficient (Wildman–Crippen LogP) is 0.528. The maximum atomic E-state index is 12.2. The second-order valence-electron chi connectivity index (χ2n) is 4.83. The number of aliphatic hydroxyl groups excluding tert-OH is 1. The molecule has 0 spiro atoms. The first-order valence-electron chi connectivity index (χ1n) is 6.22. The number of aryl methyl sites for hydroxylation is 1. The first-order chi connectivity index (χ1) is 8.61. The van der Waals surface area contributed by atoms with Crippen LogP contribution in [0.3, 0.4) is 0 Å². The number of aromatic nitrogens is 1. The molecule has 1 aromatic rings. The molecule has 1 atom stereocenters. The Morgan fingerprint density at radius 1 is 1.56 bits per heavy atom. The SMILES string of the molecule is Cc1ccc(C(=O)N2CCCC(CO)C2)c(=O)[nH]1. The number of aromatic amines is 1. The highest BCUT2D eigenvalue weighted by Gasteiger charge is 2.25. The van der Waals surface area contributed by atoms with Gasteiger partial charge in [0.1, 0.15) is 5.56 Å². The summed E-state index contributed by atoms with van der Waals surface area (Å²) in [7, 11) is 0. The summed E-state index contributed by atoms with van der Waals surface area (Å²) in [6, 6.07) is 3.29. The minimum absolute atomic E-state index is 0.0913. The van der Waals surface area contributed by atoms with Gasteiger partial charge in [0.2, 0.25) is 0 Å². The highest BCUT2D eigenvalue weighted by molar-refractivity contribution is 5.93. The maximum absolute atomic E-state index is 12.2. The van der Waals surface area contributed by atoms with E-state index in [2.05, 4.69) is 4.98 Å². The van der Waals surface area contributed by atoms with E-state index in [0.29, 0.717) is 13.1 Å². The van der Waals surface area contributed by atoms with E-state index in [1.807, 2.05) is 0 Å². The molecule has 1 aliphatic rings. The minimum Gasteiger partial charge on any atom is -0.396 e. The van der Waals surface area contributed by atoms with E-state index >= 15 is 0 Å². The van der Waals surface area contributed by atoms with Crippen LogP contribution in [0.5, 0.6) is 0 Å². The van der Waals surface area contributed by atoms with Crippen molar-refractivity contribution in [3.8, 4) is 0 Å². The van der Waals surface area contributed by atoms with Crippen LogP contribution in [-0.4, -0.2) is 40.6 Å². The third-order valence-corrected chi connectivity index (χ3v) is 3.35. The molecule has 1 aliphatic heterocycles. The molecule has 18 heavy (non-hydrogen) atoms. The van der Waals surface area contributed by atoms with Crippen molar-refractivity contribution in [2.75, 3.05) is 19.7 Å². The third kappa shape index (κ3) is 2.61. The van der Waals surface area contributed by atoms with Gasteiger partial charge >= 0.3 is 0 Å². The zero-order valence-corrected chi connectivity index (χ0v) is 10.5. The smallest absolute Gasteiger partial charge is 0.260 e. The molecule has 2 N–H and O–H groups in total. The molecule has 1 fully saturated rings. The zero-order chi connectivity index (χ0) is 13.1. The average molecular weight is 250 g/mol. The van der Waals surface area contributed by atoms with Crippen LogP contribution < -0.4 is 5.56 Å². The molecule has 2 heterocycles. The Balaban J connectivity index is 2.18. The molecule has 0 aliphatic carbocycles. The Hall–Kier alpha value is -1.62. The van der Waals surface area contributed by atoms with E-state index in [4.69, 9.17) is 5.11 Å². The summed E-state index contributed by atoms with van der Waals surface area (Å²) < 4.78 is 0. The predicted molar refractivity (Wildman–Crippen MR) is 67.5 cm³/mol. The lowest BCUT2D eigenvalue weighted by Gasteiger charge is -2.31. The van der Waals surface area contributed by atoms with E-state index < -0.39 is 0 Å². The van der Waals surface area contributed by atoms with Crippen LogP contribution in [0.2, 0.25) is 0 Å². The van der Waals surface area contributed by atoms with Gasteiger partial charge in [-0.25, -0.2) is 0 Å². The molecule has 98 valence electrons. The fourth-order valence-corrected chi connectivity index (χ4v) is 2.31. The molecular weight excluding hydrogens is 232 g/mol. The minimum atomic E-state index is -0.342. The fraction of sp³-hybridized carbons (Fsp3) is 0.538. The number of H-pyrrole nitrogens is 1. The monoisotopic (exact) mass is 250 g/mol. The second-order valence-corrected chi connectivity index (χ2v) is 4.83. The van der Waals surface area contributed by atoms with Crippen LogP contribution in [-0.2, 0) is 0 Å². The second kappa shape index (κ2) is 5.35. The number of nitrogens with one attached hydrogen (secondary N) is 1. The molecule has 0 bridgehead atoms. The van der Waals surface area contributed by atoms with Crippen molar-refractivity contribution in [2.45, 2.75) is 19.8 Å². The van der Waals surface area contributed by atoms with Crippen molar-refractivity contribution in [3.63, 3.8) is 0 Å². The quantitative estimate of drug-likeness (QED) is 0.804. The molecular formula is C13H18N2O3. The summed E-state index contributed by atoms with van der Waals surface area (Å²) in [5.41, 5.74) is 0.578. The number of hydrogen-bond acceptors (Lipinski definition) is 3. The van der Waals surface area contributed by atoms with Crippen molar-refractivity contribution in [3.05, 3.63) is 33.7 Å². The van der Waals surface area contributed by atoms with Gasteiger partial charge in [-0.15, -0.1) is 0 Å². The molecule has 5 nitrogen and oxygen atoms in total. The molecule has 1 saturated heterocycles. The summed E-state index contributed by atoms with van der Waals surface area (Å²) in [5.74, 6) is -0.110. The molecule has 0 aromatic carbocycles. The normalized spacial score (nSPS) is 19.9. The van der Waals surface area contributed by atoms with Crippen molar-refractivity contribution in [1.29, 1.82) is 0 Å². The van der Waals surface area contributed by atoms with Gasteiger partial charge in [-0.05, 0) is 37.8 Å². The molecule has 0 saturated carbocycles. The van der Waals surface area contributed by atoms with Crippen LogP contribution in [0.15, 0.2) is 16.9 Å². The summed E-state index contributed by atoms with van der Waals surface area (Å²) in [6.07, 6.45) is 1.81. The number of rotatable bonds is 2. The highest BCUT2D eigenvalue weighted by Crippen LogP contribution is 2.17. The Morgan fingerprint density at radius 3 is 3.00 bits per heavy atom. The number of carbonyl (C=O) groups excluding carboxylic acids is 1. The van der Waals surface area contributed by atoms with Gasteiger partial charge in [-0.1, -0.05) is 0 Å². The van der Waals surface area contributed by atoms with Crippen LogP contribution in [0.4, 0.5) is 0 Å². The fourth-order valence-electron chi connectivity index (χ4n) is 2.31. The van der Waals surface area contributed by atoms with Gasteiger partial charge in [0.05, 0.1) is 0 Å². The van der Waals surface area contributed by atoms with E-state index in [9.17, 15) is 9.59 Å². The summed E-state index contributed by atoms with van der Waals surface area (Å²) >= 11 is 0. The molecule has 1 amide bonds. The zero-order valence-electron chi connectivity index (χ0n) is 10.5. The number of nitrogens with zero attached hydrogens (tertiary/aromatic N) is 1. The number of pyridine rings is 1. The van der Waals surface area contributed by atoms with Crippen LogP contribution in [0.25, 0.3) is 0 Å². The van der Waals surface area contributed by atoms with Gasteiger partial charge in [0.15, 0.2) is 0 Å². The maximum Gasteiger partial charge on any atom is 0.260 e.